The van der Waals surface area contributed by atoms with Crippen molar-refractivity contribution in [3.63, 3.8) is 0 Å². The summed E-state index contributed by atoms with van der Waals surface area (Å²) < 4.78 is 5.48. The molecule has 0 bridgehead atoms. The lowest BCUT2D eigenvalue weighted by molar-refractivity contribution is -0.384. The number of pyridine rings is 1. The Labute approximate surface area is 141 Å². The number of anilines is 1. The molecular formula is C13H15ClN4O4S. The smallest absolute Gasteiger partial charge is 0.314 e. The van der Waals surface area contributed by atoms with Crippen molar-refractivity contribution in [2.45, 2.75) is 13.5 Å². The number of hydrogen-bond acceptors (Lipinski definition) is 8. The Hall–Kier alpha value is -1.97. The molecule has 0 aliphatic rings. The van der Waals surface area contributed by atoms with Crippen molar-refractivity contribution in [1.29, 1.82) is 0 Å². The summed E-state index contributed by atoms with van der Waals surface area (Å²) in [5.74, 6) is 0.416. The Kier molecular flexibility index (Phi) is 5.69. The minimum absolute atomic E-state index is 0.116. The van der Waals surface area contributed by atoms with Gasteiger partial charge in [-0.1, -0.05) is 11.6 Å². The number of hydrogen-bond donors (Lipinski definition) is 1. The van der Waals surface area contributed by atoms with E-state index in [4.69, 9.17) is 16.3 Å². The summed E-state index contributed by atoms with van der Waals surface area (Å²) in [4.78, 5) is 21.5. The molecule has 8 nitrogen and oxygen atoms in total. The highest BCUT2D eigenvalue weighted by molar-refractivity contribution is 7.15. The molecule has 0 aromatic carbocycles. The molecular weight excluding hydrogens is 344 g/mol. The second kappa shape index (κ2) is 7.53. The fraction of sp³-hybridized carbons (Fsp3) is 0.385. The van der Waals surface area contributed by atoms with Gasteiger partial charge in [0.25, 0.3) is 0 Å². The zero-order valence-corrected chi connectivity index (χ0v) is 14.1. The van der Waals surface area contributed by atoms with Gasteiger partial charge in [0.05, 0.1) is 25.2 Å². The number of aryl methyl sites for hydroxylation is 1. The number of methoxy groups -OCH3 is 1. The lowest BCUT2D eigenvalue weighted by Crippen LogP contribution is -2.27. The van der Waals surface area contributed by atoms with Crippen LogP contribution in [0.25, 0.3) is 0 Å². The van der Waals surface area contributed by atoms with Crippen molar-refractivity contribution < 1.29 is 14.8 Å². The number of aromatic nitrogens is 2. The molecule has 0 amide bonds. The van der Waals surface area contributed by atoms with Crippen LogP contribution in [0.1, 0.15) is 10.4 Å². The largest absolute Gasteiger partial charge is 0.481 e. The summed E-state index contributed by atoms with van der Waals surface area (Å²) in [6.45, 7) is 1.91. The van der Waals surface area contributed by atoms with E-state index in [1.165, 1.54) is 24.5 Å². The topological polar surface area (TPSA) is 102 Å². The molecule has 0 unspecified atom stereocenters. The molecule has 0 atom stereocenters. The van der Waals surface area contributed by atoms with Crippen LogP contribution in [0.2, 0.25) is 4.47 Å². The minimum atomic E-state index is -0.485. The lowest BCUT2D eigenvalue weighted by atomic mass is 10.2. The maximum atomic E-state index is 11.4. The maximum absolute atomic E-state index is 11.4. The Morgan fingerprint density at radius 1 is 1.57 bits per heavy atom. The zero-order chi connectivity index (χ0) is 17.0. The average Bonchev–Trinajstić information content (AvgIpc) is 2.90. The van der Waals surface area contributed by atoms with E-state index >= 15 is 0 Å². The molecule has 0 aliphatic carbocycles. The van der Waals surface area contributed by atoms with E-state index in [0.29, 0.717) is 16.6 Å². The standard InChI is InChI=1S/C13H15ClN4O4S/c1-8-5-10(22-2)16-12(11(8)18(20)21)17(3-4-19)7-9-6-15-13(14)23-9/h5-6,19H,3-4,7H2,1-2H3. The molecule has 0 radical (unpaired) electrons. The second-order valence-corrected chi connectivity index (χ2v) is 6.33. The predicted molar refractivity (Wildman–Crippen MR) is 87.4 cm³/mol. The molecule has 0 aliphatic heterocycles. The first-order chi connectivity index (χ1) is 11.0. The van der Waals surface area contributed by atoms with Crippen LogP contribution in [-0.2, 0) is 6.54 Å². The molecule has 10 heteroatoms. The molecule has 0 fully saturated rings. The predicted octanol–water partition coefficient (Wildman–Crippen LogP) is 2.42. The van der Waals surface area contributed by atoms with Crippen molar-refractivity contribution in [2.75, 3.05) is 25.2 Å². The number of rotatable bonds is 7. The zero-order valence-electron chi connectivity index (χ0n) is 12.5. The van der Waals surface area contributed by atoms with Gasteiger partial charge >= 0.3 is 5.69 Å². The van der Waals surface area contributed by atoms with Crippen LogP contribution in [0.4, 0.5) is 11.5 Å². The highest BCUT2D eigenvalue weighted by Gasteiger charge is 2.26. The number of ether oxygens (including phenoxy) is 1. The number of aliphatic hydroxyl groups is 1. The third kappa shape index (κ3) is 4.06. The summed E-state index contributed by atoms with van der Waals surface area (Å²) in [7, 11) is 1.44. The minimum Gasteiger partial charge on any atom is -0.481 e. The second-order valence-electron chi connectivity index (χ2n) is 4.64. The van der Waals surface area contributed by atoms with Crippen molar-refractivity contribution in [1.82, 2.24) is 9.97 Å². The van der Waals surface area contributed by atoms with Gasteiger partial charge in [0.15, 0.2) is 4.47 Å². The molecule has 0 spiro atoms. The Morgan fingerprint density at radius 2 is 2.30 bits per heavy atom. The molecule has 2 aromatic rings. The molecule has 124 valence electrons. The number of thiazole rings is 1. The normalized spacial score (nSPS) is 10.6. The third-order valence-corrected chi connectivity index (χ3v) is 4.17. The number of nitro groups is 1. The maximum Gasteiger partial charge on any atom is 0.314 e. The molecule has 1 N–H and O–H groups in total. The van der Waals surface area contributed by atoms with Crippen molar-refractivity contribution in [3.05, 3.63) is 37.3 Å². The average molecular weight is 359 g/mol. The van der Waals surface area contributed by atoms with Crippen LogP contribution in [0.3, 0.4) is 0 Å². The molecule has 2 rings (SSSR count). The van der Waals surface area contributed by atoms with Crippen LogP contribution in [0.15, 0.2) is 12.3 Å². The first-order valence-electron chi connectivity index (χ1n) is 6.62. The fourth-order valence-electron chi connectivity index (χ4n) is 2.10. The van der Waals surface area contributed by atoms with Gasteiger partial charge in [0.2, 0.25) is 11.7 Å². The SMILES string of the molecule is COc1cc(C)c([N+](=O)[O-])c(N(CCO)Cc2cnc(Cl)s2)n1. The van der Waals surface area contributed by atoms with Gasteiger partial charge in [0, 0.05) is 29.2 Å². The van der Waals surface area contributed by atoms with E-state index in [2.05, 4.69) is 9.97 Å². The fourth-order valence-corrected chi connectivity index (χ4v) is 3.09. The van der Waals surface area contributed by atoms with Crippen LogP contribution < -0.4 is 9.64 Å². The number of halogens is 1. The van der Waals surface area contributed by atoms with Gasteiger partial charge in [-0.05, 0) is 6.92 Å². The van der Waals surface area contributed by atoms with E-state index in [1.807, 2.05) is 0 Å². The van der Waals surface area contributed by atoms with Gasteiger partial charge in [0.1, 0.15) is 0 Å². The lowest BCUT2D eigenvalue weighted by Gasteiger charge is -2.22. The van der Waals surface area contributed by atoms with E-state index < -0.39 is 4.92 Å². The Bertz CT molecular complexity index is 709. The molecule has 2 aromatic heterocycles. The van der Waals surface area contributed by atoms with E-state index in [9.17, 15) is 15.2 Å². The number of aliphatic hydroxyl groups excluding tert-OH is 1. The molecule has 2 heterocycles. The van der Waals surface area contributed by atoms with Crippen LogP contribution in [0.5, 0.6) is 5.88 Å². The van der Waals surface area contributed by atoms with Crippen LogP contribution >= 0.6 is 22.9 Å². The number of nitrogens with zero attached hydrogens (tertiary/aromatic N) is 4. The summed E-state index contributed by atoms with van der Waals surface area (Å²) in [5, 5.41) is 20.7. The summed E-state index contributed by atoms with van der Waals surface area (Å²) in [6, 6.07) is 1.50. The summed E-state index contributed by atoms with van der Waals surface area (Å²) in [5.41, 5.74) is 0.317. The monoisotopic (exact) mass is 358 g/mol. The Balaban J connectivity index is 2.48. The van der Waals surface area contributed by atoms with Gasteiger partial charge < -0.3 is 14.7 Å². The molecule has 0 saturated heterocycles. The highest BCUT2D eigenvalue weighted by atomic mass is 35.5. The van der Waals surface area contributed by atoms with E-state index in [-0.39, 0.29) is 30.5 Å². The Morgan fingerprint density at radius 3 is 2.83 bits per heavy atom. The molecule has 0 saturated carbocycles. The van der Waals surface area contributed by atoms with Crippen molar-refractivity contribution in [3.8, 4) is 5.88 Å². The third-order valence-electron chi connectivity index (χ3n) is 3.07. The van der Waals surface area contributed by atoms with Gasteiger partial charge in [-0.25, -0.2) is 4.98 Å². The van der Waals surface area contributed by atoms with E-state index in [0.717, 1.165) is 4.88 Å². The van der Waals surface area contributed by atoms with Gasteiger partial charge in [-0.3, -0.25) is 10.1 Å². The quantitative estimate of drug-likeness (QED) is 0.599. The van der Waals surface area contributed by atoms with E-state index in [1.54, 1.807) is 18.0 Å². The van der Waals surface area contributed by atoms with Gasteiger partial charge in [-0.15, -0.1) is 11.3 Å². The first kappa shape index (κ1) is 17.4. The first-order valence-corrected chi connectivity index (χ1v) is 7.81. The van der Waals surface area contributed by atoms with Gasteiger partial charge in [-0.2, -0.15) is 4.98 Å². The van der Waals surface area contributed by atoms with Crippen LogP contribution in [-0.4, -0.2) is 40.3 Å². The van der Waals surface area contributed by atoms with Crippen molar-refractivity contribution in [2.24, 2.45) is 0 Å². The highest BCUT2D eigenvalue weighted by Crippen LogP contribution is 2.34. The summed E-state index contributed by atoms with van der Waals surface area (Å²) >= 11 is 7.08. The summed E-state index contributed by atoms with van der Waals surface area (Å²) in [6.07, 6.45) is 1.59. The molecule has 23 heavy (non-hydrogen) atoms. The van der Waals surface area contributed by atoms with Crippen LogP contribution in [0, 0.1) is 17.0 Å². The van der Waals surface area contributed by atoms with Crippen molar-refractivity contribution >= 4 is 34.4 Å².